The lowest BCUT2D eigenvalue weighted by Gasteiger charge is -2.31. The largest absolute Gasteiger partial charge is 0.450 e. The van der Waals surface area contributed by atoms with E-state index >= 15 is 0 Å². The minimum Gasteiger partial charge on any atom is -0.450 e. The van der Waals surface area contributed by atoms with Gasteiger partial charge in [-0.05, 0) is 43.9 Å². The van der Waals surface area contributed by atoms with Gasteiger partial charge in [0.05, 0.1) is 13.2 Å². The molecule has 0 radical (unpaired) electrons. The van der Waals surface area contributed by atoms with Crippen molar-refractivity contribution < 1.29 is 14.3 Å². The molecule has 0 spiro atoms. The van der Waals surface area contributed by atoms with E-state index in [1.807, 2.05) is 12.1 Å². The standard InChI is InChI=1S/C21H33N5O3.HI/c1-3-5-12-23-19(27)17-8-6-16(7-9-17)15-24-20(22)25-18-10-13-26(14-11-18)21(28)29-4-2;/h6-9,18H,3-5,10-15H2,1-2H3,(H,23,27)(H3,22,24,25);1H. The average molecular weight is 531 g/mol. The minimum absolute atomic E-state index is 0. The summed E-state index contributed by atoms with van der Waals surface area (Å²) in [6.45, 7) is 6.71. The van der Waals surface area contributed by atoms with Crippen LogP contribution in [0.15, 0.2) is 29.3 Å². The summed E-state index contributed by atoms with van der Waals surface area (Å²) >= 11 is 0. The molecule has 1 aliphatic rings. The monoisotopic (exact) mass is 531 g/mol. The van der Waals surface area contributed by atoms with Crippen molar-refractivity contribution in [3.8, 4) is 0 Å². The Hall–Kier alpha value is -2.04. The summed E-state index contributed by atoms with van der Waals surface area (Å²) in [5.41, 5.74) is 7.64. The highest BCUT2D eigenvalue weighted by Crippen LogP contribution is 2.11. The maximum absolute atomic E-state index is 12.0. The molecule has 1 fully saturated rings. The number of nitrogens with zero attached hydrogens (tertiary/aromatic N) is 2. The Morgan fingerprint density at radius 3 is 2.47 bits per heavy atom. The Labute approximate surface area is 196 Å². The summed E-state index contributed by atoms with van der Waals surface area (Å²) in [7, 11) is 0. The Balaban J connectivity index is 0.00000450. The van der Waals surface area contributed by atoms with Crippen molar-refractivity contribution >= 4 is 41.9 Å². The zero-order valence-corrected chi connectivity index (χ0v) is 20.2. The van der Waals surface area contributed by atoms with E-state index in [1.54, 1.807) is 24.0 Å². The minimum atomic E-state index is -0.255. The maximum atomic E-state index is 12.0. The number of amides is 2. The molecule has 8 nitrogen and oxygen atoms in total. The van der Waals surface area contributed by atoms with Gasteiger partial charge >= 0.3 is 6.09 Å². The molecule has 0 bridgehead atoms. The highest BCUT2D eigenvalue weighted by Gasteiger charge is 2.23. The third-order valence-electron chi connectivity index (χ3n) is 4.84. The molecule has 1 saturated heterocycles. The first-order chi connectivity index (χ1) is 14.0. The number of likely N-dealkylation sites (tertiary alicyclic amines) is 1. The molecule has 168 valence electrons. The fourth-order valence-electron chi connectivity index (χ4n) is 3.09. The van der Waals surface area contributed by atoms with Crippen LogP contribution in [0.1, 0.15) is 55.5 Å². The van der Waals surface area contributed by atoms with Gasteiger partial charge in [0.2, 0.25) is 0 Å². The van der Waals surface area contributed by atoms with Crippen molar-refractivity contribution in [2.75, 3.05) is 26.2 Å². The molecule has 1 aromatic rings. The number of nitrogens with two attached hydrogens (primary N) is 1. The summed E-state index contributed by atoms with van der Waals surface area (Å²) in [5.74, 6) is 0.338. The van der Waals surface area contributed by atoms with Gasteiger partial charge in [-0.2, -0.15) is 0 Å². The number of halogens is 1. The Morgan fingerprint density at radius 1 is 1.20 bits per heavy atom. The van der Waals surface area contributed by atoms with Crippen LogP contribution in [0.25, 0.3) is 0 Å². The summed E-state index contributed by atoms with van der Waals surface area (Å²) in [5, 5.41) is 6.13. The highest BCUT2D eigenvalue weighted by molar-refractivity contribution is 14.0. The number of ether oxygens (including phenoxy) is 1. The quantitative estimate of drug-likeness (QED) is 0.207. The molecule has 1 aliphatic heterocycles. The number of rotatable bonds is 8. The molecular formula is C21H34IN5O3. The van der Waals surface area contributed by atoms with Gasteiger partial charge in [0.15, 0.2) is 5.96 Å². The van der Waals surface area contributed by atoms with E-state index in [-0.39, 0.29) is 42.0 Å². The normalized spacial score (nSPS) is 14.6. The summed E-state index contributed by atoms with van der Waals surface area (Å²) < 4.78 is 5.03. The van der Waals surface area contributed by atoms with Gasteiger partial charge in [-0.1, -0.05) is 25.5 Å². The van der Waals surface area contributed by atoms with Crippen LogP contribution in [0, 0.1) is 0 Å². The Kier molecular flexibility index (Phi) is 12.2. The van der Waals surface area contributed by atoms with Crippen molar-refractivity contribution in [1.29, 1.82) is 0 Å². The molecule has 0 unspecified atom stereocenters. The first kappa shape index (κ1) is 26.0. The number of carbonyl (C=O) groups excluding carboxylic acids is 2. The molecule has 9 heteroatoms. The smallest absolute Gasteiger partial charge is 0.409 e. The molecule has 2 rings (SSSR count). The SMILES string of the molecule is CCCCNC(=O)c1ccc(CN=C(N)NC2CCN(C(=O)OCC)CC2)cc1.I. The van der Waals surface area contributed by atoms with E-state index in [0.717, 1.165) is 31.2 Å². The fourth-order valence-corrected chi connectivity index (χ4v) is 3.09. The molecule has 4 N–H and O–H groups in total. The number of hydrogen-bond donors (Lipinski definition) is 3. The molecule has 0 aliphatic carbocycles. The molecule has 0 saturated carbocycles. The van der Waals surface area contributed by atoms with E-state index in [4.69, 9.17) is 10.5 Å². The van der Waals surface area contributed by atoms with Gasteiger partial charge in [0.25, 0.3) is 5.91 Å². The number of benzene rings is 1. The lowest BCUT2D eigenvalue weighted by molar-refractivity contribution is 0.0948. The van der Waals surface area contributed by atoms with E-state index < -0.39 is 0 Å². The molecular weight excluding hydrogens is 497 g/mol. The van der Waals surface area contributed by atoms with Gasteiger partial charge in [0, 0.05) is 31.2 Å². The number of aliphatic imine (C=N–C) groups is 1. The number of carbonyl (C=O) groups is 2. The fraction of sp³-hybridized carbons (Fsp3) is 0.571. The van der Waals surface area contributed by atoms with Gasteiger partial charge < -0.3 is 26.0 Å². The van der Waals surface area contributed by atoms with Crippen LogP contribution in [0.2, 0.25) is 0 Å². The van der Waals surface area contributed by atoms with Gasteiger partial charge in [0.1, 0.15) is 0 Å². The van der Waals surface area contributed by atoms with Crippen molar-refractivity contribution in [1.82, 2.24) is 15.5 Å². The molecule has 30 heavy (non-hydrogen) atoms. The van der Waals surface area contributed by atoms with Crippen molar-refractivity contribution in [2.24, 2.45) is 10.7 Å². The van der Waals surface area contributed by atoms with Crippen LogP contribution in [-0.2, 0) is 11.3 Å². The van der Waals surface area contributed by atoms with Crippen LogP contribution in [-0.4, -0.2) is 55.1 Å². The zero-order valence-electron chi connectivity index (χ0n) is 17.9. The third-order valence-corrected chi connectivity index (χ3v) is 4.84. The van der Waals surface area contributed by atoms with E-state index in [2.05, 4.69) is 22.5 Å². The van der Waals surface area contributed by atoms with Crippen LogP contribution < -0.4 is 16.4 Å². The first-order valence-electron chi connectivity index (χ1n) is 10.4. The Morgan fingerprint density at radius 2 is 1.87 bits per heavy atom. The van der Waals surface area contributed by atoms with Gasteiger partial charge in [-0.15, -0.1) is 24.0 Å². The number of piperidine rings is 1. The van der Waals surface area contributed by atoms with Crippen molar-refractivity contribution in [3.05, 3.63) is 35.4 Å². The van der Waals surface area contributed by atoms with Gasteiger partial charge in [-0.25, -0.2) is 9.79 Å². The van der Waals surface area contributed by atoms with Crippen LogP contribution in [0.5, 0.6) is 0 Å². The molecule has 2 amide bonds. The van der Waals surface area contributed by atoms with Crippen LogP contribution in [0.3, 0.4) is 0 Å². The number of guanidine groups is 1. The predicted octanol–water partition coefficient (Wildman–Crippen LogP) is 2.86. The number of nitrogens with one attached hydrogen (secondary N) is 2. The second-order valence-electron chi connectivity index (χ2n) is 7.11. The van der Waals surface area contributed by atoms with Crippen LogP contribution in [0.4, 0.5) is 4.79 Å². The second kappa shape index (κ2) is 14.1. The zero-order chi connectivity index (χ0) is 21.1. The lowest BCUT2D eigenvalue weighted by atomic mass is 10.1. The molecule has 1 heterocycles. The van der Waals surface area contributed by atoms with Gasteiger partial charge in [-0.3, -0.25) is 4.79 Å². The van der Waals surface area contributed by atoms with E-state index in [9.17, 15) is 9.59 Å². The van der Waals surface area contributed by atoms with Crippen LogP contribution >= 0.6 is 24.0 Å². The second-order valence-corrected chi connectivity index (χ2v) is 7.11. The summed E-state index contributed by atoms with van der Waals surface area (Å²) in [6.07, 6.45) is 3.38. The van der Waals surface area contributed by atoms with E-state index in [0.29, 0.717) is 44.3 Å². The summed E-state index contributed by atoms with van der Waals surface area (Å²) in [4.78, 5) is 29.8. The van der Waals surface area contributed by atoms with Crippen molar-refractivity contribution in [2.45, 2.75) is 52.1 Å². The maximum Gasteiger partial charge on any atom is 0.409 e. The highest BCUT2D eigenvalue weighted by atomic mass is 127. The molecule has 0 atom stereocenters. The number of unbranched alkanes of at least 4 members (excludes halogenated alkanes) is 1. The third kappa shape index (κ3) is 8.76. The predicted molar refractivity (Wildman–Crippen MR) is 129 cm³/mol. The average Bonchev–Trinajstić information content (AvgIpc) is 2.73. The summed E-state index contributed by atoms with van der Waals surface area (Å²) in [6, 6.07) is 7.59. The Bertz CT molecular complexity index is 688. The topological polar surface area (TPSA) is 109 Å². The molecule has 0 aromatic heterocycles. The molecule has 1 aromatic carbocycles. The van der Waals surface area contributed by atoms with Crippen molar-refractivity contribution in [3.63, 3.8) is 0 Å². The number of hydrogen-bond acceptors (Lipinski definition) is 4. The first-order valence-corrected chi connectivity index (χ1v) is 10.4. The lowest BCUT2D eigenvalue weighted by Crippen LogP contribution is -2.48. The van der Waals surface area contributed by atoms with E-state index in [1.165, 1.54) is 0 Å².